The number of carbonyl (C=O) groups excluding carboxylic acids is 3. The second-order valence-corrected chi connectivity index (χ2v) is 13.2. The van der Waals surface area contributed by atoms with E-state index in [0.29, 0.717) is 27.4 Å². The van der Waals surface area contributed by atoms with Crippen molar-refractivity contribution in [3.63, 3.8) is 0 Å². The van der Waals surface area contributed by atoms with Crippen LogP contribution in [0.15, 0.2) is 107 Å². The number of anilines is 1. The minimum absolute atomic E-state index is 0.0644. The van der Waals surface area contributed by atoms with Crippen LogP contribution >= 0.6 is 23.5 Å². The number of nitrogen functional groups attached to an aromatic ring is 1. The Morgan fingerprint density at radius 1 is 1.06 bits per heavy atom. The number of aromatic nitrogens is 4. The molecule has 12 nitrogen and oxygen atoms in total. The van der Waals surface area contributed by atoms with Crippen LogP contribution in [-0.4, -0.2) is 67.1 Å². The predicted octanol–water partition coefficient (Wildman–Crippen LogP) is 4.22. The van der Waals surface area contributed by atoms with Crippen LogP contribution < -0.4 is 15.8 Å². The second kappa shape index (κ2) is 13.4. The number of ether oxygens (including phenoxy) is 2. The number of thioether (sulfide) groups is 2. The summed E-state index contributed by atoms with van der Waals surface area (Å²) >= 11 is 2.55. The van der Waals surface area contributed by atoms with Gasteiger partial charge in [-0.1, -0.05) is 84.6 Å². The molecule has 2 aliphatic heterocycles. The molecule has 2 atom stereocenters. The molecular formula is C34H29N7O5S2. The van der Waals surface area contributed by atoms with E-state index in [2.05, 4.69) is 25.5 Å². The third-order valence-electron chi connectivity index (χ3n) is 7.90. The van der Waals surface area contributed by atoms with Crippen LogP contribution in [0.1, 0.15) is 22.8 Å². The van der Waals surface area contributed by atoms with Crippen LogP contribution in [0.5, 0.6) is 5.75 Å². The van der Waals surface area contributed by atoms with Crippen LogP contribution in [0.3, 0.4) is 0 Å². The summed E-state index contributed by atoms with van der Waals surface area (Å²) in [5.41, 5.74) is 8.98. The maximum absolute atomic E-state index is 14.3. The summed E-state index contributed by atoms with van der Waals surface area (Å²) < 4.78 is 11.5. The monoisotopic (exact) mass is 679 g/mol. The fourth-order valence-corrected chi connectivity index (χ4v) is 8.00. The number of nitrogens with two attached hydrogens (primary N) is 1. The molecule has 1 unspecified atom stereocenters. The number of fused-ring (bicyclic) bond motifs is 2. The summed E-state index contributed by atoms with van der Waals surface area (Å²) in [5, 5.41) is 9.99. The molecule has 4 N–H and O–H groups in total. The van der Waals surface area contributed by atoms with E-state index in [4.69, 9.17) is 15.2 Å². The van der Waals surface area contributed by atoms with Crippen molar-refractivity contribution >= 4 is 58.2 Å². The third-order valence-corrected chi connectivity index (χ3v) is 10.3. The fraction of sp³-hybridized carbons (Fsp3) is 0.176. The van der Waals surface area contributed by atoms with Crippen LogP contribution in [0.2, 0.25) is 0 Å². The molecule has 0 aliphatic carbocycles. The Hall–Kier alpha value is -5.34. The normalized spacial score (nSPS) is 17.2. The largest absolute Gasteiger partial charge is 0.497 e. The first-order valence-corrected chi connectivity index (χ1v) is 16.8. The molecule has 0 saturated carbocycles. The summed E-state index contributed by atoms with van der Waals surface area (Å²) in [5.74, 6) is -0.233. The lowest BCUT2D eigenvalue weighted by atomic mass is 10.0. The number of aromatic amines is 1. The number of carbonyl (C=O) groups is 3. The fourth-order valence-electron chi connectivity index (χ4n) is 5.59. The van der Waals surface area contributed by atoms with Gasteiger partial charge in [-0.15, -0.1) is 11.8 Å². The molecule has 4 heterocycles. The zero-order valence-electron chi connectivity index (χ0n) is 25.5. The number of rotatable bonds is 10. The number of amides is 2. The van der Waals surface area contributed by atoms with E-state index in [1.807, 2.05) is 66.7 Å². The molecule has 2 aromatic heterocycles. The first-order valence-electron chi connectivity index (χ1n) is 14.9. The summed E-state index contributed by atoms with van der Waals surface area (Å²) in [6.07, 6.45) is 0.862. The molecular weight excluding hydrogens is 651 g/mol. The number of methoxy groups -OCH3 is 1. The topological polar surface area (TPSA) is 165 Å². The van der Waals surface area contributed by atoms with Gasteiger partial charge in [0.25, 0.3) is 5.91 Å². The Balaban J connectivity index is 1.19. The zero-order valence-corrected chi connectivity index (χ0v) is 27.2. The van der Waals surface area contributed by atoms with Crippen molar-refractivity contribution in [2.24, 2.45) is 0 Å². The number of benzene rings is 3. The third kappa shape index (κ3) is 6.19. The predicted molar refractivity (Wildman–Crippen MR) is 182 cm³/mol. The Morgan fingerprint density at radius 2 is 1.79 bits per heavy atom. The summed E-state index contributed by atoms with van der Waals surface area (Å²) in [7, 11) is 1.56. The van der Waals surface area contributed by atoms with E-state index in [0.717, 1.165) is 28.5 Å². The zero-order chi connectivity index (χ0) is 33.2. The molecule has 1 fully saturated rings. The van der Waals surface area contributed by atoms with Gasteiger partial charge < -0.3 is 20.5 Å². The standard InChI is InChI=1S/C34H29N7O5S2/c1-45-22-14-8-9-19(15-22)16-25(42)37-26-31(43)41-27(33(44)46-28(20-10-4-2-5-11-20)21-12-6-3-7-13-21)24(18-47-32(26)41)48-34-38-29(35)23-17-36-40-30(23)39-34/h2-15,17,26,28,32H,16,18H2,1H3,(H,37,42)(H3,35,36,38,39,40)/t26?,32-/m1/s1. The highest BCUT2D eigenvalue weighted by atomic mass is 32.2. The SMILES string of the molecule is COc1cccc(CC(=O)NC2C(=O)N3C(C(=O)OC(c4ccccc4)c4ccccc4)=C(Sc4nc(N)c5cn[nH]c5n4)CS[C@H]23)c1. The van der Waals surface area contributed by atoms with Crippen LogP contribution in [0.4, 0.5) is 5.82 Å². The Labute approximate surface area is 283 Å². The van der Waals surface area contributed by atoms with Crippen molar-refractivity contribution in [2.75, 3.05) is 18.6 Å². The number of nitrogens with zero attached hydrogens (tertiary/aromatic N) is 4. The molecule has 2 amide bonds. The maximum atomic E-state index is 14.3. The maximum Gasteiger partial charge on any atom is 0.356 e. The molecule has 0 spiro atoms. The molecule has 2 aliphatic rings. The molecule has 0 radical (unpaired) electrons. The van der Waals surface area contributed by atoms with Crippen molar-refractivity contribution in [2.45, 2.75) is 29.1 Å². The van der Waals surface area contributed by atoms with Gasteiger partial charge in [0, 0.05) is 10.7 Å². The molecule has 242 valence electrons. The molecule has 7 rings (SSSR count). The van der Waals surface area contributed by atoms with Crippen molar-refractivity contribution in [3.05, 3.63) is 118 Å². The highest BCUT2D eigenvalue weighted by Crippen LogP contribution is 2.46. The van der Waals surface area contributed by atoms with Crippen LogP contribution in [0.25, 0.3) is 11.0 Å². The highest BCUT2D eigenvalue weighted by Gasteiger charge is 2.55. The van der Waals surface area contributed by atoms with E-state index in [1.165, 1.54) is 22.9 Å². The van der Waals surface area contributed by atoms with E-state index < -0.39 is 29.4 Å². The molecule has 5 aromatic rings. The first kappa shape index (κ1) is 31.3. The lowest BCUT2D eigenvalue weighted by Gasteiger charge is -2.49. The van der Waals surface area contributed by atoms with Crippen molar-refractivity contribution in [1.29, 1.82) is 0 Å². The summed E-state index contributed by atoms with van der Waals surface area (Å²) in [6.45, 7) is 0. The number of hydrogen-bond acceptors (Lipinski definition) is 11. The molecule has 1 saturated heterocycles. The number of esters is 1. The second-order valence-electron chi connectivity index (χ2n) is 11.0. The van der Waals surface area contributed by atoms with E-state index >= 15 is 0 Å². The van der Waals surface area contributed by atoms with Gasteiger partial charge in [0.2, 0.25) is 5.91 Å². The summed E-state index contributed by atoms with van der Waals surface area (Å²) in [4.78, 5) is 52.0. The number of H-pyrrole nitrogens is 1. The van der Waals surface area contributed by atoms with Crippen molar-refractivity contribution in [1.82, 2.24) is 30.4 Å². The van der Waals surface area contributed by atoms with Gasteiger partial charge in [-0.25, -0.2) is 14.8 Å². The van der Waals surface area contributed by atoms with Gasteiger partial charge in [0.15, 0.2) is 16.9 Å². The number of nitrogens with one attached hydrogen (secondary N) is 2. The van der Waals surface area contributed by atoms with Gasteiger partial charge in [0.1, 0.15) is 28.7 Å². The van der Waals surface area contributed by atoms with Gasteiger partial charge in [-0.3, -0.25) is 19.6 Å². The average Bonchev–Trinajstić information content (AvgIpc) is 3.59. The van der Waals surface area contributed by atoms with Gasteiger partial charge >= 0.3 is 5.97 Å². The Bertz CT molecular complexity index is 2000. The highest BCUT2D eigenvalue weighted by molar-refractivity contribution is 8.06. The van der Waals surface area contributed by atoms with Crippen LogP contribution in [0, 0.1) is 0 Å². The smallest absolute Gasteiger partial charge is 0.356 e. The molecule has 0 bridgehead atoms. The molecule has 48 heavy (non-hydrogen) atoms. The minimum Gasteiger partial charge on any atom is -0.497 e. The first-order chi connectivity index (χ1) is 23.4. The molecule has 3 aromatic carbocycles. The average molecular weight is 680 g/mol. The van der Waals surface area contributed by atoms with Gasteiger partial charge in [-0.05, 0) is 28.8 Å². The quantitative estimate of drug-likeness (QED) is 0.110. The Morgan fingerprint density at radius 3 is 2.50 bits per heavy atom. The lowest BCUT2D eigenvalue weighted by Crippen LogP contribution is -2.70. The number of hydrogen-bond donors (Lipinski definition) is 3. The minimum atomic E-state index is -0.824. The van der Waals surface area contributed by atoms with E-state index in [9.17, 15) is 14.4 Å². The van der Waals surface area contributed by atoms with Crippen molar-refractivity contribution < 1.29 is 23.9 Å². The Kier molecular flexibility index (Phi) is 8.74. The van der Waals surface area contributed by atoms with Gasteiger partial charge in [-0.2, -0.15) is 5.10 Å². The number of β-lactam (4-membered cyclic amide) rings is 1. The van der Waals surface area contributed by atoms with Gasteiger partial charge in [0.05, 0.1) is 25.1 Å². The van der Waals surface area contributed by atoms with E-state index in [1.54, 1.807) is 25.3 Å². The summed E-state index contributed by atoms with van der Waals surface area (Å²) in [6, 6.07) is 25.2. The lowest BCUT2D eigenvalue weighted by molar-refractivity contribution is -0.154. The van der Waals surface area contributed by atoms with Crippen molar-refractivity contribution in [3.8, 4) is 5.75 Å². The molecule has 14 heteroatoms. The van der Waals surface area contributed by atoms with E-state index in [-0.39, 0.29) is 29.0 Å². The van der Waals surface area contributed by atoms with Crippen LogP contribution in [-0.2, 0) is 25.5 Å².